The first-order chi connectivity index (χ1) is 8.88. The number of nitrogens with one attached hydrogen (secondary N) is 1. The van der Waals surface area contributed by atoms with E-state index in [0.29, 0.717) is 11.1 Å². The van der Waals surface area contributed by atoms with Crippen molar-refractivity contribution in [2.45, 2.75) is 38.1 Å². The van der Waals surface area contributed by atoms with E-state index in [0.717, 1.165) is 18.9 Å². The molecule has 1 saturated heterocycles. The van der Waals surface area contributed by atoms with Crippen LogP contribution >= 0.6 is 15.9 Å². The number of benzene rings is 1. The summed E-state index contributed by atoms with van der Waals surface area (Å²) in [6, 6.07) is 3.98. The first-order valence-electron chi connectivity index (χ1n) is 6.13. The third kappa shape index (κ3) is 3.63. The second kappa shape index (κ2) is 5.71. The summed E-state index contributed by atoms with van der Waals surface area (Å²) in [6.07, 6.45) is -2.55. The van der Waals surface area contributed by atoms with E-state index in [2.05, 4.69) is 21.2 Å². The first-order valence-corrected chi connectivity index (χ1v) is 6.92. The fraction of sp³-hybridized carbons (Fsp3) is 0.538. The van der Waals surface area contributed by atoms with Crippen molar-refractivity contribution in [2.75, 3.05) is 11.9 Å². The molecule has 1 N–H and O–H groups in total. The van der Waals surface area contributed by atoms with Gasteiger partial charge in [0.05, 0.1) is 11.7 Å². The van der Waals surface area contributed by atoms with Gasteiger partial charge in [-0.2, -0.15) is 13.2 Å². The lowest BCUT2D eigenvalue weighted by atomic mass is 10.1. The van der Waals surface area contributed by atoms with Crippen LogP contribution < -0.4 is 5.32 Å². The van der Waals surface area contributed by atoms with Gasteiger partial charge in [0.25, 0.3) is 0 Å². The van der Waals surface area contributed by atoms with Crippen LogP contribution in [0, 0.1) is 0 Å². The van der Waals surface area contributed by atoms with E-state index in [4.69, 9.17) is 4.74 Å². The molecule has 0 saturated carbocycles. The molecule has 0 aliphatic carbocycles. The standard InChI is InChI=1S/C13H15BrF3NO/c1-8(12-3-2-6-19-12)18-11-5-4-9(14)7-10(11)13(15,16)17/h4-5,7-8,12,18H,2-3,6H2,1H3. The molecule has 0 aromatic heterocycles. The highest BCUT2D eigenvalue weighted by atomic mass is 79.9. The fourth-order valence-electron chi connectivity index (χ4n) is 2.21. The van der Waals surface area contributed by atoms with Gasteiger partial charge in [-0.1, -0.05) is 15.9 Å². The predicted molar refractivity (Wildman–Crippen MR) is 71.2 cm³/mol. The Balaban J connectivity index is 2.19. The predicted octanol–water partition coefficient (Wildman–Crippen LogP) is 4.45. The summed E-state index contributed by atoms with van der Waals surface area (Å²) < 4.78 is 44.8. The smallest absolute Gasteiger partial charge is 0.379 e. The largest absolute Gasteiger partial charge is 0.418 e. The highest BCUT2D eigenvalue weighted by molar-refractivity contribution is 9.10. The Bertz CT molecular complexity index is 444. The van der Waals surface area contributed by atoms with Gasteiger partial charge in [0, 0.05) is 22.8 Å². The second-order valence-electron chi connectivity index (χ2n) is 4.67. The van der Waals surface area contributed by atoms with Crippen LogP contribution in [-0.4, -0.2) is 18.8 Å². The zero-order valence-corrected chi connectivity index (χ0v) is 12.0. The third-order valence-corrected chi connectivity index (χ3v) is 3.69. The summed E-state index contributed by atoms with van der Waals surface area (Å²) >= 11 is 3.07. The van der Waals surface area contributed by atoms with Crippen molar-refractivity contribution in [3.63, 3.8) is 0 Å². The van der Waals surface area contributed by atoms with Crippen molar-refractivity contribution in [1.82, 2.24) is 0 Å². The SMILES string of the molecule is CC(Nc1ccc(Br)cc1C(F)(F)F)C1CCCO1. The van der Waals surface area contributed by atoms with E-state index in [-0.39, 0.29) is 17.8 Å². The topological polar surface area (TPSA) is 21.3 Å². The van der Waals surface area contributed by atoms with Crippen LogP contribution in [0.3, 0.4) is 0 Å². The van der Waals surface area contributed by atoms with Crippen molar-refractivity contribution in [1.29, 1.82) is 0 Å². The molecule has 106 valence electrons. The van der Waals surface area contributed by atoms with E-state index in [1.54, 1.807) is 6.07 Å². The molecule has 6 heteroatoms. The fourth-order valence-corrected chi connectivity index (χ4v) is 2.57. The third-order valence-electron chi connectivity index (χ3n) is 3.19. The summed E-state index contributed by atoms with van der Waals surface area (Å²) in [7, 11) is 0. The quantitative estimate of drug-likeness (QED) is 0.879. The van der Waals surface area contributed by atoms with Crippen LogP contribution in [-0.2, 0) is 10.9 Å². The van der Waals surface area contributed by atoms with Crippen LogP contribution in [0.15, 0.2) is 22.7 Å². The second-order valence-corrected chi connectivity index (χ2v) is 5.59. The van der Waals surface area contributed by atoms with Crippen molar-refractivity contribution in [3.05, 3.63) is 28.2 Å². The average Bonchev–Trinajstić information content (AvgIpc) is 2.83. The Morgan fingerprint density at radius 2 is 2.16 bits per heavy atom. The Morgan fingerprint density at radius 1 is 1.42 bits per heavy atom. The zero-order valence-electron chi connectivity index (χ0n) is 10.4. The van der Waals surface area contributed by atoms with Crippen molar-refractivity contribution >= 4 is 21.6 Å². The zero-order chi connectivity index (χ0) is 14.0. The van der Waals surface area contributed by atoms with E-state index in [1.165, 1.54) is 6.07 Å². The molecule has 0 radical (unpaired) electrons. The van der Waals surface area contributed by atoms with Crippen molar-refractivity contribution < 1.29 is 17.9 Å². The molecule has 1 aliphatic rings. The summed E-state index contributed by atoms with van der Waals surface area (Å²) in [6.45, 7) is 2.53. The monoisotopic (exact) mass is 337 g/mol. The molecule has 1 heterocycles. The number of alkyl halides is 3. The van der Waals surface area contributed by atoms with E-state index in [9.17, 15) is 13.2 Å². The highest BCUT2D eigenvalue weighted by Gasteiger charge is 2.34. The Hall–Kier alpha value is -0.750. The number of rotatable bonds is 3. The lowest BCUT2D eigenvalue weighted by molar-refractivity contribution is -0.137. The van der Waals surface area contributed by atoms with E-state index in [1.807, 2.05) is 6.92 Å². The van der Waals surface area contributed by atoms with Gasteiger partial charge in [0.2, 0.25) is 0 Å². The van der Waals surface area contributed by atoms with Gasteiger partial charge in [-0.15, -0.1) is 0 Å². The number of anilines is 1. The van der Waals surface area contributed by atoms with Crippen LogP contribution in [0.5, 0.6) is 0 Å². The molecule has 2 atom stereocenters. The van der Waals surface area contributed by atoms with Crippen molar-refractivity contribution in [3.8, 4) is 0 Å². The summed E-state index contributed by atoms with van der Waals surface area (Å²) in [5.74, 6) is 0. The van der Waals surface area contributed by atoms with E-state index < -0.39 is 11.7 Å². The van der Waals surface area contributed by atoms with Gasteiger partial charge >= 0.3 is 6.18 Å². The molecular formula is C13H15BrF3NO. The van der Waals surface area contributed by atoms with Crippen molar-refractivity contribution in [2.24, 2.45) is 0 Å². The van der Waals surface area contributed by atoms with Gasteiger partial charge in [-0.3, -0.25) is 0 Å². The Morgan fingerprint density at radius 3 is 2.74 bits per heavy atom. The molecule has 0 amide bonds. The molecule has 2 nitrogen and oxygen atoms in total. The average molecular weight is 338 g/mol. The molecule has 19 heavy (non-hydrogen) atoms. The lowest BCUT2D eigenvalue weighted by Crippen LogP contribution is -2.31. The summed E-state index contributed by atoms with van der Waals surface area (Å²) in [5.41, 5.74) is -0.564. The Kier molecular flexibility index (Phi) is 4.40. The maximum atomic E-state index is 13.0. The minimum absolute atomic E-state index is 0.0234. The molecular weight excluding hydrogens is 323 g/mol. The summed E-state index contributed by atoms with van der Waals surface area (Å²) in [5, 5.41) is 2.92. The molecule has 1 aromatic rings. The van der Waals surface area contributed by atoms with Gasteiger partial charge in [-0.05, 0) is 38.0 Å². The maximum Gasteiger partial charge on any atom is 0.418 e. The molecule has 1 fully saturated rings. The van der Waals surface area contributed by atoms with Gasteiger partial charge in [0.1, 0.15) is 0 Å². The van der Waals surface area contributed by atoms with E-state index >= 15 is 0 Å². The Labute approximate surface area is 118 Å². The highest BCUT2D eigenvalue weighted by Crippen LogP contribution is 2.37. The number of hydrogen-bond acceptors (Lipinski definition) is 2. The lowest BCUT2D eigenvalue weighted by Gasteiger charge is -2.23. The van der Waals surface area contributed by atoms with Gasteiger partial charge in [-0.25, -0.2) is 0 Å². The molecule has 2 rings (SSSR count). The van der Waals surface area contributed by atoms with Gasteiger partial charge < -0.3 is 10.1 Å². The number of hydrogen-bond donors (Lipinski definition) is 1. The number of ether oxygens (including phenoxy) is 1. The van der Waals surface area contributed by atoms with Gasteiger partial charge in [0.15, 0.2) is 0 Å². The number of halogens is 4. The van der Waals surface area contributed by atoms with Crippen LogP contribution in [0.1, 0.15) is 25.3 Å². The molecule has 0 spiro atoms. The normalized spacial score (nSPS) is 21.4. The first kappa shape index (κ1) is 14.7. The van der Waals surface area contributed by atoms with Crippen LogP contribution in [0.2, 0.25) is 0 Å². The van der Waals surface area contributed by atoms with Crippen LogP contribution in [0.25, 0.3) is 0 Å². The molecule has 1 aromatic carbocycles. The summed E-state index contributed by atoms with van der Waals surface area (Å²) in [4.78, 5) is 0. The molecule has 1 aliphatic heterocycles. The minimum Gasteiger partial charge on any atom is -0.379 e. The maximum absolute atomic E-state index is 13.0. The molecule has 0 bridgehead atoms. The van der Waals surface area contributed by atoms with Crippen LogP contribution in [0.4, 0.5) is 18.9 Å². The minimum atomic E-state index is -4.37. The molecule has 2 unspecified atom stereocenters.